The lowest BCUT2D eigenvalue weighted by molar-refractivity contribution is 0.0784. The van der Waals surface area contributed by atoms with Crippen LogP contribution in [-0.4, -0.2) is 63.1 Å². The van der Waals surface area contributed by atoms with Crippen LogP contribution < -0.4 is 14.8 Å². The number of benzene rings is 2. The zero-order valence-electron chi connectivity index (χ0n) is 16.0. The molecule has 0 amide bonds. The largest absolute Gasteiger partial charge is 0.486 e. The molecular formula is C19H23N3O4S2. The van der Waals surface area contributed by atoms with Crippen molar-refractivity contribution >= 4 is 33.0 Å². The lowest BCUT2D eigenvalue weighted by Crippen LogP contribution is -2.43. The Bertz CT molecular complexity index is 963. The third-order valence-electron chi connectivity index (χ3n) is 4.26. The first-order chi connectivity index (χ1) is 13.3. The van der Waals surface area contributed by atoms with Gasteiger partial charge in [-0.05, 0) is 42.5 Å². The van der Waals surface area contributed by atoms with Crippen LogP contribution in [0, 0.1) is 0 Å². The van der Waals surface area contributed by atoms with Gasteiger partial charge >= 0.3 is 0 Å². The SMILES string of the molecule is CN(C[C@@H]1COc2ccccc2O1)C(=S)Nc1cccc(S(=O)(=O)N(C)C)c1. The van der Waals surface area contributed by atoms with Crippen LogP contribution >= 0.6 is 12.2 Å². The van der Waals surface area contributed by atoms with Crippen molar-refractivity contribution in [3.63, 3.8) is 0 Å². The van der Waals surface area contributed by atoms with Crippen molar-refractivity contribution in [3.05, 3.63) is 48.5 Å². The molecule has 1 atom stereocenters. The molecular weight excluding hydrogens is 398 g/mol. The van der Waals surface area contributed by atoms with E-state index >= 15 is 0 Å². The molecule has 150 valence electrons. The molecule has 1 aliphatic rings. The minimum atomic E-state index is -3.51. The topological polar surface area (TPSA) is 71.1 Å². The van der Waals surface area contributed by atoms with Crippen molar-refractivity contribution in [2.24, 2.45) is 0 Å². The molecule has 0 spiro atoms. The van der Waals surface area contributed by atoms with E-state index in [4.69, 9.17) is 21.7 Å². The van der Waals surface area contributed by atoms with Crippen molar-refractivity contribution in [1.82, 2.24) is 9.21 Å². The number of sulfonamides is 1. The standard InChI is InChI=1S/C19H23N3O4S2/c1-21(2)28(23,24)16-8-6-7-14(11-16)20-19(27)22(3)12-15-13-25-17-9-4-5-10-18(17)26-15/h4-11,15H,12-13H2,1-3H3,(H,20,27)/t15-/m1/s1. The molecule has 9 heteroatoms. The minimum Gasteiger partial charge on any atom is -0.486 e. The minimum absolute atomic E-state index is 0.167. The molecule has 0 aromatic heterocycles. The van der Waals surface area contributed by atoms with Gasteiger partial charge in [-0.3, -0.25) is 0 Å². The first-order valence-corrected chi connectivity index (χ1v) is 10.6. The van der Waals surface area contributed by atoms with Crippen LogP contribution in [0.3, 0.4) is 0 Å². The number of ether oxygens (including phenoxy) is 2. The second kappa shape index (κ2) is 8.34. The van der Waals surface area contributed by atoms with Crippen LogP contribution in [0.2, 0.25) is 0 Å². The molecule has 2 aromatic rings. The first kappa shape index (κ1) is 20.4. The molecule has 0 unspecified atom stereocenters. The Kier molecular flexibility index (Phi) is 6.07. The van der Waals surface area contributed by atoms with Gasteiger partial charge in [0.25, 0.3) is 0 Å². The molecule has 0 saturated heterocycles. The van der Waals surface area contributed by atoms with Gasteiger partial charge in [0.1, 0.15) is 6.61 Å². The zero-order chi connectivity index (χ0) is 20.3. The van der Waals surface area contributed by atoms with E-state index in [2.05, 4.69) is 5.32 Å². The molecule has 7 nitrogen and oxygen atoms in total. The van der Waals surface area contributed by atoms with Crippen LogP contribution in [0.15, 0.2) is 53.4 Å². The highest BCUT2D eigenvalue weighted by molar-refractivity contribution is 7.89. The van der Waals surface area contributed by atoms with E-state index in [1.54, 1.807) is 24.3 Å². The fraction of sp³-hybridized carbons (Fsp3) is 0.316. The van der Waals surface area contributed by atoms with E-state index in [1.165, 1.54) is 18.4 Å². The van der Waals surface area contributed by atoms with Crippen molar-refractivity contribution in [1.29, 1.82) is 0 Å². The van der Waals surface area contributed by atoms with Crippen molar-refractivity contribution < 1.29 is 17.9 Å². The zero-order valence-corrected chi connectivity index (χ0v) is 17.6. The maximum Gasteiger partial charge on any atom is 0.242 e. The van der Waals surface area contributed by atoms with Gasteiger partial charge in [-0.1, -0.05) is 18.2 Å². The van der Waals surface area contributed by atoms with E-state index < -0.39 is 10.0 Å². The predicted octanol–water partition coefficient (Wildman–Crippen LogP) is 2.41. The quantitative estimate of drug-likeness (QED) is 0.744. The Balaban J connectivity index is 1.62. The number of nitrogens with one attached hydrogen (secondary N) is 1. The second-order valence-corrected chi connectivity index (χ2v) is 9.16. The Hall–Kier alpha value is -2.36. The van der Waals surface area contributed by atoms with E-state index in [-0.39, 0.29) is 11.0 Å². The third kappa shape index (κ3) is 4.54. The predicted molar refractivity (Wildman–Crippen MR) is 113 cm³/mol. The Morgan fingerprint density at radius 3 is 2.57 bits per heavy atom. The number of fused-ring (bicyclic) bond motifs is 1. The Morgan fingerprint density at radius 2 is 1.86 bits per heavy atom. The average molecular weight is 422 g/mol. The highest BCUT2D eigenvalue weighted by Gasteiger charge is 2.23. The number of anilines is 1. The summed E-state index contributed by atoms with van der Waals surface area (Å²) in [5, 5.41) is 3.54. The lowest BCUT2D eigenvalue weighted by atomic mass is 10.2. The third-order valence-corrected chi connectivity index (χ3v) is 6.48. The summed E-state index contributed by atoms with van der Waals surface area (Å²) in [6.07, 6.45) is -0.167. The number of hydrogen-bond acceptors (Lipinski definition) is 5. The highest BCUT2D eigenvalue weighted by atomic mass is 32.2. The molecule has 3 rings (SSSR count). The summed E-state index contributed by atoms with van der Waals surface area (Å²) in [4.78, 5) is 2.04. The fourth-order valence-corrected chi connectivity index (χ4v) is 3.85. The van der Waals surface area contributed by atoms with Crippen LogP contribution in [0.25, 0.3) is 0 Å². The van der Waals surface area contributed by atoms with Gasteiger partial charge in [0, 0.05) is 26.8 Å². The molecule has 0 radical (unpaired) electrons. The van der Waals surface area contributed by atoms with E-state index in [1.807, 2.05) is 36.2 Å². The number of para-hydroxylation sites is 2. The van der Waals surface area contributed by atoms with Crippen LogP contribution in [0.4, 0.5) is 5.69 Å². The summed E-state index contributed by atoms with van der Waals surface area (Å²) in [6, 6.07) is 14.1. The number of hydrogen-bond donors (Lipinski definition) is 1. The first-order valence-electron chi connectivity index (χ1n) is 8.70. The van der Waals surface area contributed by atoms with E-state index in [9.17, 15) is 8.42 Å². The molecule has 0 bridgehead atoms. The number of rotatable bonds is 5. The van der Waals surface area contributed by atoms with Gasteiger partial charge in [0.05, 0.1) is 11.4 Å². The normalized spacial score (nSPS) is 15.9. The Labute approximate surface area is 170 Å². The summed E-state index contributed by atoms with van der Waals surface area (Å²) < 4.78 is 37.4. The van der Waals surface area contributed by atoms with E-state index in [0.717, 1.165) is 5.75 Å². The molecule has 0 saturated carbocycles. The summed E-state index contributed by atoms with van der Waals surface area (Å²) in [5.41, 5.74) is 0.603. The maximum absolute atomic E-state index is 12.3. The molecule has 1 N–H and O–H groups in total. The van der Waals surface area contributed by atoms with Crippen LogP contribution in [0.1, 0.15) is 0 Å². The van der Waals surface area contributed by atoms with Crippen molar-refractivity contribution in [2.75, 3.05) is 39.6 Å². The van der Waals surface area contributed by atoms with E-state index in [0.29, 0.717) is 29.7 Å². The van der Waals surface area contributed by atoms with Gasteiger partial charge in [-0.15, -0.1) is 0 Å². The lowest BCUT2D eigenvalue weighted by Gasteiger charge is -2.30. The van der Waals surface area contributed by atoms with Crippen LogP contribution in [-0.2, 0) is 10.0 Å². The molecule has 1 heterocycles. The number of nitrogens with zero attached hydrogens (tertiary/aromatic N) is 2. The summed E-state index contributed by atoms with van der Waals surface area (Å²) in [7, 11) is 1.34. The highest BCUT2D eigenvalue weighted by Crippen LogP contribution is 2.31. The van der Waals surface area contributed by atoms with Crippen molar-refractivity contribution in [3.8, 4) is 11.5 Å². The van der Waals surface area contributed by atoms with Crippen LogP contribution in [0.5, 0.6) is 11.5 Å². The van der Waals surface area contributed by atoms with Gasteiger partial charge in [-0.2, -0.15) is 0 Å². The monoisotopic (exact) mass is 421 g/mol. The molecule has 1 aliphatic heterocycles. The van der Waals surface area contributed by atoms with Gasteiger partial charge in [0.15, 0.2) is 22.7 Å². The fourth-order valence-electron chi connectivity index (χ4n) is 2.71. The summed E-state index contributed by atoms with van der Waals surface area (Å²) in [6.45, 7) is 0.955. The smallest absolute Gasteiger partial charge is 0.242 e. The molecule has 2 aromatic carbocycles. The van der Waals surface area contributed by atoms with Gasteiger partial charge in [0.2, 0.25) is 10.0 Å². The summed E-state index contributed by atoms with van der Waals surface area (Å²) in [5.74, 6) is 1.45. The number of likely N-dealkylation sites (N-methyl/N-ethyl adjacent to an activating group) is 1. The Morgan fingerprint density at radius 1 is 1.14 bits per heavy atom. The average Bonchev–Trinajstić information content (AvgIpc) is 2.68. The molecule has 0 aliphatic carbocycles. The van der Waals surface area contributed by atoms with Gasteiger partial charge < -0.3 is 19.7 Å². The molecule has 0 fully saturated rings. The molecule has 28 heavy (non-hydrogen) atoms. The maximum atomic E-state index is 12.3. The number of thiocarbonyl (C=S) groups is 1. The summed E-state index contributed by atoms with van der Waals surface area (Å²) >= 11 is 5.45. The second-order valence-electron chi connectivity index (χ2n) is 6.62. The van der Waals surface area contributed by atoms with Crippen molar-refractivity contribution in [2.45, 2.75) is 11.0 Å². The van der Waals surface area contributed by atoms with Gasteiger partial charge in [-0.25, -0.2) is 12.7 Å².